The number of hydrogen-bond donors (Lipinski definition) is 0. The lowest BCUT2D eigenvalue weighted by molar-refractivity contribution is 0.997. The van der Waals surface area contributed by atoms with E-state index in [1.165, 1.54) is 0 Å². The average Bonchev–Trinajstić information content (AvgIpc) is 1.70. The van der Waals surface area contributed by atoms with Crippen molar-refractivity contribution in [2.75, 3.05) is 0 Å². The highest BCUT2D eigenvalue weighted by atomic mass is 32.4. The largest absolute Gasteiger partial charge is 0.296 e. The monoisotopic (exact) mass is 309 g/mol. The molecule has 0 amide bonds. The molecule has 0 aliphatic heterocycles. The minimum Gasteiger partial charge on any atom is -0.296 e. The van der Waals surface area contributed by atoms with E-state index in [1.54, 1.807) is 0 Å². The van der Waals surface area contributed by atoms with Crippen molar-refractivity contribution in [3.05, 3.63) is 0 Å². The lowest BCUT2D eigenvalue weighted by atomic mass is 11.8. The van der Waals surface area contributed by atoms with Gasteiger partial charge in [-0.2, -0.15) is 0 Å². The SMILES string of the molecule is C[Si](C)(C)/C=P(=S)/N([Si](C)(C)C)[Si](C)(C)C. The van der Waals surface area contributed by atoms with Gasteiger partial charge in [0.15, 0.2) is 0 Å². The van der Waals surface area contributed by atoms with Crippen molar-refractivity contribution in [3.63, 3.8) is 0 Å². The van der Waals surface area contributed by atoms with Crippen LogP contribution in [0.4, 0.5) is 0 Å². The summed E-state index contributed by atoms with van der Waals surface area (Å²) in [7, 11) is -3.69. The molecule has 0 aliphatic carbocycles. The molecule has 0 aromatic carbocycles. The van der Waals surface area contributed by atoms with Gasteiger partial charge in [-0.25, -0.2) is 0 Å². The smallest absolute Gasteiger partial charge is 0.121 e. The first-order chi connectivity index (χ1) is 6.75. The van der Waals surface area contributed by atoms with Gasteiger partial charge in [-0.05, 0) is 18.3 Å². The van der Waals surface area contributed by atoms with E-state index >= 15 is 0 Å². The van der Waals surface area contributed by atoms with Crippen LogP contribution in [0.1, 0.15) is 0 Å². The third-order valence-electron chi connectivity index (χ3n) is 1.97. The van der Waals surface area contributed by atoms with Crippen LogP contribution in [0.5, 0.6) is 0 Å². The van der Waals surface area contributed by atoms with Crippen LogP contribution in [-0.2, 0) is 11.8 Å². The molecule has 0 fully saturated rings. The molecule has 96 valence electrons. The summed E-state index contributed by atoms with van der Waals surface area (Å²) in [6.07, 6.45) is 0. The summed E-state index contributed by atoms with van der Waals surface area (Å²) in [6.45, 7) is 21.4. The molecule has 0 bridgehead atoms. The maximum atomic E-state index is 5.84. The molecular weight excluding hydrogens is 281 g/mol. The minimum absolute atomic E-state index is 0.431. The molecule has 0 saturated carbocycles. The standard InChI is InChI=1S/C10H28NPSSi3/c1-14(2,3)10-12(13)11(15(4,5)6)16(7,8)9/h10H,1-9H3. The zero-order valence-electron chi connectivity index (χ0n) is 12.4. The zero-order chi connectivity index (χ0) is 13.4. The second-order valence-electron chi connectivity index (χ2n) is 7.45. The zero-order valence-corrected chi connectivity index (χ0v) is 17.1. The Bertz CT molecular complexity index is 302. The second kappa shape index (κ2) is 5.33. The molecule has 0 aliphatic rings. The van der Waals surface area contributed by atoms with Gasteiger partial charge in [0.1, 0.15) is 16.5 Å². The highest BCUT2D eigenvalue weighted by Gasteiger charge is 2.35. The van der Waals surface area contributed by atoms with Crippen molar-refractivity contribution in [2.45, 2.75) is 58.9 Å². The Morgan fingerprint density at radius 1 is 0.812 bits per heavy atom. The summed E-state index contributed by atoms with van der Waals surface area (Å²) in [5.41, 5.74) is 2.54. The summed E-state index contributed by atoms with van der Waals surface area (Å²) in [6, 6.07) is 0. The van der Waals surface area contributed by atoms with Gasteiger partial charge in [-0.1, -0.05) is 64.3 Å². The lowest BCUT2D eigenvalue weighted by Gasteiger charge is -2.41. The maximum Gasteiger partial charge on any atom is 0.121 e. The molecule has 1 unspecified atom stereocenters. The normalized spacial score (nSPS) is 15.8. The molecule has 0 rings (SSSR count). The Balaban J connectivity index is 5.43. The highest BCUT2D eigenvalue weighted by Crippen LogP contribution is 2.32. The molecule has 0 aromatic heterocycles. The van der Waals surface area contributed by atoms with E-state index in [9.17, 15) is 0 Å². The summed E-state index contributed by atoms with van der Waals surface area (Å²) < 4.78 is 2.78. The molecule has 0 radical (unpaired) electrons. The van der Waals surface area contributed by atoms with Crippen molar-refractivity contribution in [1.29, 1.82) is 0 Å². The van der Waals surface area contributed by atoms with Gasteiger partial charge in [0.2, 0.25) is 0 Å². The van der Waals surface area contributed by atoms with E-state index in [0.29, 0.717) is 0 Å². The Morgan fingerprint density at radius 3 is 1.31 bits per heavy atom. The number of nitrogens with zero attached hydrogens (tertiary/aromatic N) is 1. The number of hydrogen-bond acceptors (Lipinski definition) is 1. The Morgan fingerprint density at radius 2 is 1.12 bits per heavy atom. The Hall–Kier alpha value is 1.00. The van der Waals surface area contributed by atoms with Crippen molar-refractivity contribution < 1.29 is 0 Å². The third-order valence-corrected chi connectivity index (χ3v) is 20.1. The first kappa shape index (κ1) is 17.0. The van der Waals surface area contributed by atoms with Crippen LogP contribution < -0.4 is 0 Å². The summed E-state index contributed by atoms with van der Waals surface area (Å²) >= 11 is 5.84. The van der Waals surface area contributed by atoms with Crippen LogP contribution in [0.15, 0.2) is 0 Å². The molecule has 16 heavy (non-hydrogen) atoms. The molecule has 0 heterocycles. The number of rotatable bonds is 4. The quantitative estimate of drug-likeness (QED) is 0.556. The van der Waals surface area contributed by atoms with E-state index in [0.717, 1.165) is 0 Å². The fraction of sp³-hybridized carbons (Fsp3) is 0.900. The third kappa shape index (κ3) is 6.07. The van der Waals surface area contributed by atoms with E-state index in [-0.39, 0.29) is 0 Å². The first-order valence-corrected chi connectivity index (χ1v) is 18.7. The molecule has 6 heteroatoms. The van der Waals surface area contributed by atoms with E-state index in [4.69, 9.17) is 11.8 Å². The first-order valence-electron chi connectivity index (χ1n) is 5.88. The van der Waals surface area contributed by atoms with Gasteiger partial charge in [-0.3, -0.25) is 4.00 Å². The maximum absolute atomic E-state index is 5.84. The van der Waals surface area contributed by atoms with E-state index < -0.39 is 31.0 Å². The van der Waals surface area contributed by atoms with Gasteiger partial charge in [-0.15, -0.1) is 0 Å². The molecule has 1 nitrogen and oxygen atoms in total. The van der Waals surface area contributed by atoms with Gasteiger partial charge < -0.3 is 0 Å². The predicted molar refractivity (Wildman–Crippen MR) is 92.2 cm³/mol. The predicted octanol–water partition coefficient (Wildman–Crippen LogP) is 4.50. The van der Waals surface area contributed by atoms with Crippen LogP contribution in [0, 0.1) is 0 Å². The average molecular weight is 310 g/mol. The van der Waals surface area contributed by atoms with Crippen molar-refractivity contribution in [2.24, 2.45) is 0 Å². The lowest BCUT2D eigenvalue weighted by Crippen LogP contribution is -2.54. The molecule has 0 saturated heterocycles. The van der Waals surface area contributed by atoms with Gasteiger partial charge in [0.25, 0.3) is 0 Å². The van der Waals surface area contributed by atoms with Crippen LogP contribution >= 0.6 is 6.47 Å². The van der Waals surface area contributed by atoms with Gasteiger partial charge >= 0.3 is 0 Å². The molecule has 0 N–H and O–H groups in total. The summed E-state index contributed by atoms with van der Waals surface area (Å²) in [4.78, 5) is 0. The molecule has 0 spiro atoms. The van der Waals surface area contributed by atoms with Crippen LogP contribution in [0.25, 0.3) is 0 Å². The van der Waals surface area contributed by atoms with E-state index in [2.05, 4.69) is 68.3 Å². The van der Waals surface area contributed by atoms with Crippen molar-refractivity contribution in [3.8, 4) is 0 Å². The summed E-state index contributed by atoms with van der Waals surface area (Å²) in [5, 5.41) is 0. The topological polar surface area (TPSA) is 3.24 Å². The minimum atomic E-state index is -1.27. The van der Waals surface area contributed by atoms with Crippen LogP contribution in [-0.4, -0.2) is 34.0 Å². The second-order valence-corrected chi connectivity index (χ2v) is 26.1. The Labute approximate surface area is 111 Å². The van der Waals surface area contributed by atoms with Crippen molar-refractivity contribution >= 4 is 48.2 Å². The van der Waals surface area contributed by atoms with E-state index in [1.807, 2.05) is 0 Å². The Kier molecular flexibility index (Phi) is 5.66. The fourth-order valence-electron chi connectivity index (χ4n) is 1.99. The highest BCUT2D eigenvalue weighted by molar-refractivity contribution is 8.05. The van der Waals surface area contributed by atoms with Crippen molar-refractivity contribution in [1.82, 2.24) is 4.00 Å². The molecule has 1 atom stereocenters. The molecule has 0 aromatic rings. The van der Waals surface area contributed by atoms with Gasteiger partial charge in [0.05, 0.1) is 8.07 Å². The van der Waals surface area contributed by atoms with Crippen LogP contribution in [0.2, 0.25) is 58.9 Å². The molecular formula is C10H28NPSSi3. The van der Waals surface area contributed by atoms with Gasteiger partial charge in [0, 0.05) is 0 Å². The summed E-state index contributed by atoms with van der Waals surface area (Å²) in [5.74, 6) is 0. The fourth-order valence-corrected chi connectivity index (χ4v) is 26.2. The van der Waals surface area contributed by atoms with Crippen LogP contribution in [0.3, 0.4) is 0 Å².